The van der Waals surface area contributed by atoms with Crippen LogP contribution in [0, 0.1) is 0 Å². The van der Waals surface area contributed by atoms with Crippen molar-refractivity contribution in [3.8, 4) is 11.5 Å². The van der Waals surface area contributed by atoms with Gasteiger partial charge in [-0.1, -0.05) is 19.1 Å². The number of hydrogen-bond acceptors (Lipinski definition) is 5. The van der Waals surface area contributed by atoms with Crippen molar-refractivity contribution in [2.45, 2.75) is 38.4 Å². The Morgan fingerprint density at radius 3 is 2.81 bits per heavy atom. The number of carbonyl (C=O) groups is 1. The summed E-state index contributed by atoms with van der Waals surface area (Å²) < 4.78 is 17.3. The monoisotopic (exact) mass is 384 g/mol. The lowest BCUT2D eigenvalue weighted by molar-refractivity contribution is -0.132. The highest BCUT2D eigenvalue weighted by Crippen LogP contribution is 2.31. The largest absolute Gasteiger partial charge is 0.486 e. The molecule has 6 nitrogen and oxygen atoms in total. The van der Waals surface area contributed by atoms with Crippen LogP contribution in [0.3, 0.4) is 0 Å². The Bertz CT molecular complexity index is 566. The fourth-order valence-corrected chi connectivity index (χ4v) is 3.24. The van der Waals surface area contributed by atoms with Crippen LogP contribution in [0.5, 0.6) is 11.5 Å². The lowest BCUT2D eigenvalue weighted by atomic mass is 10.2. The van der Waals surface area contributed by atoms with E-state index in [9.17, 15) is 4.79 Å². The van der Waals surface area contributed by atoms with Gasteiger partial charge < -0.3 is 24.4 Å². The van der Waals surface area contributed by atoms with Crippen LogP contribution in [0.25, 0.3) is 0 Å². The van der Waals surface area contributed by atoms with Crippen molar-refractivity contribution in [3.05, 3.63) is 24.3 Å². The Labute approximate surface area is 161 Å². The second-order valence-corrected chi connectivity index (χ2v) is 6.60. The number of para-hydroxylation sites is 2. The lowest BCUT2D eigenvalue weighted by Crippen LogP contribution is -2.47. The van der Waals surface area contributed by atoms with Crippen LogP contribution in [0.15, 0.2) is 24.3 Å². The molecule has 26 heavy (non-hydrogen) atoms. The van der Waals surface area contributed by atoms with E-state index in [4.69, 9.17) is 14.2 Å². The molecule has 7 heteroatoms. The van der Waals surface area contributed by atoms with E-state index >= 15 is 0 Å². The van der Waals surface area contributed by atoms with Gasteiger partial charge in [-0.2, -0.15) is 0 Å². The minimum atomic E-state index is -0.136. The molecule has 1 fully saturated rings. The van der Waals surface area contributed by atoms with Gasteiger partial charge >= 0.3 is 0 Å². The minimum Gasteiger partial charge on any atom is -0.486 e. The number of amides is 1. The summed E-state index contributed by atoms with van der Waals surface area (Å²) in [6.45, 7) is 5.72. The number of carbonyl (C=O) groups excluding carboxylic acids is 1. The molecular formula is C19H29ClN2O4. The van der Waals surface area contributed by atoms with Crippen molar-refractivity contribution in [2.75, 3.05) is 39.4 Å². The van der Waals surface area contributed by atoms with Crippen molar-refractivity contribution in [1.29, 1.82) is 0 Å². The first-order valence-corrected chi connectivity index (χ1v) is 9.25. The number of nitrogens with one attached hydrogen (secondary N) is 1. The molecule has 0 saturated carbocycles. The summed E-state index contributed by atoms with van der Waals surface area (Å²) in [5.41, 5.74) is 0. The highest BCUT2D eigenvalue weighted by Gasteiger charge is 2.25. The minimum absolute atomic E-state index is 0. The van der Waals surface area contributed by atoms with Crippen molar-refractivity contribution < 1.29 is 19.0 Å². The van der Waals surface area contributed by atoms with Crippen LogP contribution < -0.4 is 14.8 Å². The first-order valence-electron chi connectivity index (χ1n) is 9.25. The SMILES string of the molecule is CCCN(CC1COc2ccccc2O1)C(=O)CNCC1CCCO1.Cl. The molecule has 0 aliphatic carbocycles. The van der Waals surface area contributed by atoms with Gasteiger partial charge in [0, 0.05) is 19.7 Å². The number of fused-ring (bicyclic) bond motifs is 1. The molecule has 0 bridgehead atoms. The zero-order valence-electron chi connectivity index (χ0n) is 15.3. The van der Waals surface area contributed by atoms with E-state index in [0.29, 0.717) is 19.7 Å². The molecule has 0 radical (unpaired) electrons. The molecule has 146 valence electrons. The molecule has 1 aromatic rings. The van der Waals surface area contributed by atoms with E-state index in [1.807, 2.05) is 29.2 Å². The third kappa shape index (κ3) is 5.76. The normalized spacial score (nSPS) is 21.1. The molecule has 2 atom stereocenters. The Morgan fingerprint density at radius 1 is 1.27 bits per heavy atom. The van der Waals surface area contributed by atoms with E-state index < -0.39 is 0 Å². The van der Waals surface area contributed by atoms with E-state index in [1.54, 1.807) is 0 Å². The third-order valence-electron chi connectivity index (χ3n) is 4.51. The van der Waals surface area contributed by atoms with Gasteiger partial charge in [-0.05, 0) is 31.4 Å². The van der Waals surface area contributed by atoms with E-state index in [1.165, 1.54) is 0 Å². The van der Waals surface area contributed by atoms with E-state index in [-0.39, 0.29) is 30.5 Å². The fourth-order valence-electron chi connectivity index (χ4n) is 3.24. The maximum absolute atomic E-state index is 12.6. The molecule has 2 unspecified atom stereocenters. The van der Waals surface area contributed by atoms with Gasteiger partial charge in [-0.25, -0.2) is 0 Å². The zero-order chi connectivity index (χ0) is 17.5. The number of rotatable bonds is 8. The van der Waals surface area contributed by atoms with Crippen LogP contribution in [-0.4, -0.2) is 62.4 Å². The van der Waals surface area contributed by atoms with Gasteiger partial charge in [-0.15, -0.1) is 12.4 Å². The van der Waals surface area contributed by atoms with Crippen LogP contribution in [-0.2, 0) is 9.53 Å². The first-order chi connectivity index (χ1) is 12.3. The third-order valence-corrected chi connectivity index (χ3v) is 4.51. The fraction of sp³-hybridized carbons (Fsp3) is 0.632. The molecule has 2 heterocycles. The van der Waals surface area contributed by atoms with Crippen molar-refractivity contribution in [2.24, 2.45) is 0 Å². The number of nitrogens with zero attached hydrogens (tertiary/aromatic N) is 1. The highest BCUT2D eigenvalue weighted by molar-refractivity contribution is 5.85. The summed E-state index contributed by atoms with van der Waals surface area (Å²) in [6, 6.07) is 7.65. The Balaban J connectivity index is 0.00000243. The number of benzene rings is 1. The van der Waals surface area contributed by atoms with Gasteiger partial charge in [0.1, 0.15) is 6.61 Å². The number of hydrogen-bond donors (Lipinski definition) is 1. The Morgan fingerprint density at radius 2 is 2.08 bits per heavy atom. The highest BCUT2D eigenvalue weighted by atomic mass is 35.5. The molecular weight excluding hydrogens is 356 g/mol. The number of halogens is 1. The molecule has 2 aliphatic rings. The second kappa shape index (κ2) is 10.6. The predicted molar refractivity (Wildman–Crippen MR) is 102 cm³/mol. The summed E-state index contributed by atoms with van der Waals surface area (Å²) in [7, 11) is 0. The number of ether oxygens (including phenoxy) is 3. The summed E-state index contributed by atoms with van der Waals surface area (Å²) in [5.74, 6) is 1.62. The average Bonchev–Trinajstić information content (AvgIpc) is 3.14. The second-order valence-electron chi connectivity index (χ2n) is 6.60. The smallest absolute Gasteiger partial charge is 0.236 e. The molecule has 2 aliphatic heterocycles. The standard InChI is InChI=1S/C19H28N2O4.ClH/c1-2-9-21(19(22)12-20-11-15-6-5-10-23-15)13-16-14-24-17-7-3-4-8-18(17)25-16;/h3-4,7-8,15-16,20H,2,5-6,9-14H2,1H3;1H. The molecule has 1 aromatic carbocycles. The predicted octanol–water partition coefficient (Wildman–Crippen LogP) is 2.26. The topological polar surface area (TPSA) is 60.0 Å². The van der Waals surface area contributed by atoms with Gasteiger partial charge in [0.25, 0.3) is 0 Å². The molecule has 1 amide bonds. The molecule has 1 saturated heterocycles. The van der Waals surface area contributed by atoms with E-state index in [2.05, 4.69) is 12.2 Å². The van der Waals surface area contributed by atoms with Gasteiger partial charge in [0.15, 0.2) is 17.6 Å². The quantitative estimate of drug-likeness (QED) is 0.745. The van der Waals surface area contributed by atoms with Gasteiger partial charge in [-0.3, -0.25) is 4.79 Å². The maximum Gasteiger partial charge on any atom is 0.236 e. The first kappa shape index (κ1) is 20.8. The van der Waals surface area contributed by atoms with Crippen molar-refractivity contribution in [3.63, 3.8) is 0 Å². The molecule has 0 spiro atoms. The van der Waals surface area contributed by atoms with Crippen LogP contribution in [0.4, 0.5) is 0 Å². The molecule has 3 rings (SSSR count). The Kier molecular flexibility index (Phi) is 8.48. The molecule has 1 N–H and O–H groups in total. The van der Waals surface area contributed by atoms with Gasteiger partial charge in [0.05, 0.1) is 19.2 Å². The Hall–Kier alpha value is -1.50. The van der Waals surface area contributed by atoms with Crippen LogP contribution in [0.1, 0.15) is 26.2 Å². The average molecular weight is 385 g/mol. The summed E-state index contributed by atoms with van der Waals surface area (Å²) in [6.07, 6.45) is 3.22. The van der Waals surface area contributed by atoms with Crippen LogP contribution >= 0.6 is 12.4 Å². The lowest BCUT2D eigenvalue weighted by Gasteiger charge is -2.31. The van der Waals surface area contributed by atoms with Crippen LogP contribution in [0.2, 0.25) is 0 Å². The maximum atomic E-state index is 12.6. The summed E-state index contributed by atoms with van der Waals surface area (Å²) in [4.78, 5) is 14.4. The van der Waals surface area contributed by atoms with Crippen molar-refractivity contribution in [1.82, 2.24) is 10.2 Å². The zero-order valence-corrected chi connectivity index (χ0v) is 16.1. The summed E-state index contributed by atoms with van der Waals surface area (Å²) >= 11 is 0. The molecule has 0 aromatic heterocycles. The van der Waals surface area contributed by atoms with Gasteiger partial charge in [0.2, 0.25) is 5.91 Å². The summed E-state index contributed by atoms with van der Waals surface area (Å²) in [5, 5.41) is 3.23. The van der Waals surface area contributed by atoms with Crippen molar-refractivity contribution >= 4 is 18.3 Å². The van der Waals surface area contributed by atoms with E-state index in [0.717, 1.165) is 50.5 Å².